The normalized spacial score (nSPS) is 10.8. The van der Waals surface area contributed by atoms with Gasteiger partial charge in [0.15, 0.2) is 0 Å². The van der Waals surface area contributed by atoms with Crippen LogP contribution in [-0.2, 0) is 17.8 Å². The number of nitrogens with zero attached hydrogens (tertiary/aromatic N) is 1. The van der Waals surface area contributed by atoms with Crippen molar-refractivity contribution in [3.63, 3.8) is 0 Å². The number of hydrogen-bond acceptors (Lipinski definition) is 5. The highest BCUT2D eigenvalue weighted by molar-refractivity contribution is 7.14. The van der Waals surface area contributed by atoms with Gasteiger partial charge in [0.05, 0.1) is 11.4 Å². The van der Waals surface area contributed by atoms with E-state index in [-0.39, 0.29) is 11.8 Å². The predicted octanol–water partition coefficient (Wildman–Crippen LogP) is 5.83. The topological polar surface area (TPSA) is 84.2 Å². The predicted molar refractivity (Wildman–Crippen MR) is 135 cm³/mol. The largest absolute Gasteiger partial charge is 0.441 e. The van der Waals surface area contributed by atoms with E-state index in [4.69, 9.17) is 4.42 Å². The van der Waals surface area contributed by atoms with E-state index in [1.54, 1.807) is 0 Å². The second-order valence-electron chi connectivity index (χ2n) is 8.23. The molecule has 0 radical (unpaired) electrons. The van der Waals surface area contributed by atoms with Crippen LogP contribution < -0.4 is 10.6 Å². The highest BCUT2D eigenvalue weighted by atomic mass is 32.1. The minimum atomic E-state index is -0.145. The van der Waals surface area contributed by atoms with Crippen LogP contribution >= 0.6 is 11.3 Å². The van der Waals surface area contributed by atoms with Crippen molar-refractivity contribution in [2.24, 2.45) is 0 Å². The summed E-state index contributed by atoms with van der Waals surface area (Å²) < 4.78 is 5.85. The molecule has 0 spiro atoms. The van der Waals surface area contributed by atoms with Crippen LogP contribution in [0.25, 0.3) is 11.5 Å². The van der Waals surface area contributed by atoms with Gasteiger partial charge in [0.2, 0.25) is 11.8 Å². The van der Waals surface area contributed by atoms with Gasteiger partial charge in [-0.25, -0.2) is 4.98 Å². The highest BCUT2D eigenvalue weighted by Gasteiger charge is 2.14. The van der Waals surface area contributed by atoms with Crippen LogP contribution in [-0.4, -0.2) is 16.8 Å². The van der Waals surface area contributed by atoms with Gasteiger partial charge in [0.25, 0.3) is 5.91 Å². The number of benzene rings is 2. The summed E-state index contributed by atoms with van der Waals surface area (Å²) in [6.07, 6.45) is 1.11. The zero-order valence-electron chi connectivity index (χ0n) is 19.5. The number of anilines is 1. The number of oxazole rings is 1. The van der Waals surface area contributed by atoms with Gasteiger partial charge in [-0.05, 0) is 63.1 Å². The summed E-state index contributed by atoms with van der Waals surface area (Å²) in [5.41, 5.74) is 4.44. The first kappa shape index (κ1) is 23.4. The fraction of sp³-hybridized carbons (Fsp3) is 0.222. The van der Waals surface area contributed by atoms with Gasteiger partial charge in [-0.3, -0.25) is 9.59 Å². The fourth-order valence-corrected chi connectivity index (χ4v) is 4.24. The Hall–Kier alpha value is -3.71. The zero-order valence-corrected chi connectivity index (χ0v) is 20.3. The molecule has 0 saturated carbocycles. The highest BCUT2D eigenvalue weighted by Crippen LogP contribution is 2.25. The first-order chi connectivity index (χ1) is 16.4. The molecule has 0 bridgehead atoms. The molecule has 0 unspecified atom stereocenters. The third-order valence-electron chi connectivity index (χ3n) is 5.44. The summed E-state index contributed by atoms with van der Waals surface area (Å²) in [4.78, 5) is 31.1. The summed E-state index contributed by atoms with van der Waals surface area (Å²) in [7, 11) is 0. The van der Waals surface area contributed by atoms with E-state index >= 15 is 0 Å². The Morgan fingerprint density at radius 2 is 1.79 bits per heavy atom. The lowest BCUT2D eigenvalue weighted by Crippen LogP contribution is -2.23. The van der Waals surface area contributed by atoms with E-state index in [1.165, 1.54) is 16.9 Å². The van der Waals surface area contributed by atoms with E-state index in [2.05, 4.69) is 39.9 Å². The Labute approximate surface area is 203 Å². The summed E-state index contributed by atoms with van der Waals surface area (Å²) in [5, 5.41) is 5.85. The molecule has 2 heterocycles. The number of carbonyl (C=O) groups is 2. The summed E-state index contributed by atoms with van der Waals surface area (Å²) in [6, 6.07) is 19.3. The first-order valence-corrected chi connectivity index (χ1v) is 12.0. The maximum absolute atomic E-state index is 12.5. The summed E-state index contributed by atoms with van der Waals surface area (Å²) in [5.74, 6) is 0.924. The molecule has 174 valence electrons. The van der Waals surface area contributed by atoms with Crippen molar-refractivity contribution in [2.75, 3.05) is 5.32 Å². The second-order valence-corrected chi connectivity index (χ2v) is 9.52. The van der Waals surface area contributed by atoms with Gasteiger partial charge in [0.1, 0.15) is 11.5 Å². The quantitative estimate of drug-likeness (QED) is 0.337. The average molecular weight is 474 g/mol. The van der Waals surface area contributed by atoms with Crippen LogP contribution in [0.1, 0.15) is 43.6 Å². The van der Waals surface area contributed by atoms with E-state index in [0.717, 1.165) is 16.0 Å². The molecule has 4 aromatic rings. The fourth-order valence-electron chi connectivity index (χ4n) is 3.48. The Bertz CT molecular complexity index is 1300. The minimum Gasteiger partial charge on any atom is -0.441 e. The standard InChI is InChI=1S/C27H27N3O3S/c1-17-7-10-20(11-8-17)12-14-25(31)28-16-23-19(3)33-27(30-23)21-5-4-6-22(15-21)29-26(32)24-13-9-18(2)34-24/h4-11,13,15H,12,14,16H2,1-3H3,(H,28,31)(H,29,32). The van der Waals surface area contributed by atoms with Gasteiger partial charge in [-0.1, -0.05) is 35.9 Å². The van der Waals surface area contributed by atoms with Crippen LogP contribution in [0.5, 0.6) is 0 Å². The maximum atomic E-state index is 12.5. The second kappa shape index (κ2) is 10.5. The Balaban J connectivity index is 1.35. The molecule has 2 aromatic carbocycles. The van der Waals surface area contributed by atoms with Gasteiger partial charge < -0.3 is 15.1 Å². The Morgan fingerprint density at radius 3 is 2.53 bits per heavy atom. The molecule has 7 heteroatoms. The lowest BCUT2D eigenvalue weighted by Gasteiger charge is -2.05. The van der Waals surface area contributed by atoms with Crippen LogP contribution in [0.2, 0.25) is 0 Å². The van der Waals surface area contributed by atoms with Gasteiger partial charge in [-0.15, -0.1) is 11.3 Å². The number of thiophene rings is 1. The first-order valence-electron chi connectivity index (χ1n) is 11.1. The molecule has 4 rings (SSSR count). The van der Waals surface area contributed by atoms with Crippen molar-refractivity contribution in [2.45, 2.75) is 40.2 Å². The van der Waals surface area contributed by atoms with Gasteiger partial charge in [-0.2, -0.15) is 0 Å². The molecule has 0 aliphatic carbocycles. The third kappa shape index (κ3) is 5.99. The molecular formula is C27H27N3O3S. The SMILES string of the molecule is Cc1ccc(CCC(=O)NCc2nc(-c3cccc(NC(=O)c4ccc(C)s4)c3)oc2C)cc1. The molecule has 0 saturated heterocycles. The van der Waals surface area contributed by atoms with E-state index in [0.29, 0.717) is 47.3 Å². The number of nitrogens with one attached hydrogen (secondary N) is 2. The monoisotopic (exact) mass is 473 g/mol. The van der Waals surface area contributed by atoms with E-state index in [1.807, 2.05) is 57.2 Å². The van der Waals surface area contributed by atoms with Crippen LogP contribution in [0.15, 0.2) is 65.1 Å². The van der Waals surface area contributed by atoms with Crippen molar-refractivity contribution < 1.29 is 14.0 Å². The van der Waals surface area contributed by atoms with E-state index < -0.39 is 0 Å². The van der Waals surface area contributed by atoms with Crippen molar-refractivity contribution in [3.05, 3.63) is 93.0 Å². The van der Waals surface area contributed by atoms with Crippen LogP contribution in [0, 0.1) is 20.8 Å². The molecule has 0 atom stereocenters. The molecule has 0 fully saturated rings. The van der Waals surface area contributed by atoms with Crippen molar-refractivity contribution in [1.29, 1.82) is 0 Å². The van der Waals surface area contributed by atoms with Crippen molar-refractivity contribution >= 4 is 28.8 Å². The molecule has 2 N–H and O–H groups in total. The zero-order chi connectivity index (χ0) is 24.1. The van der Waals surface area contributed by atoms with Crippen LogP contribution in [0.4, 0.5) is 5.69 Å². The van der Waals surface area contributed by atoms with Crippen molar-refractivity contribution in [3.8, 4) is 11.5 Å². The van der Waals surface area contributed by atoms with Crippen LogP contribution in [0.3, 0.4) is 0 Å². The molecule has 0 aliphatic heterocycles. The lowest BCUT2D eigenvalue weighted by atomic mass is 10.1. The molecule has 34 heavy (non-hydrogen) atoms. The lowest BCUT2D eigenvalue weighted by molar-refractivity contribution is -0.121. The smallest absolute Gasteiger partial charge is 0.265 e. The Kier molecular flexibility index (Phi) is 7.23. The number of carbonyl (C=O) groups excluding carboxylic acids is 2. The molecule has 6 nitrogen and oxygen atoms in total. The van der Waals surface area contributed by atoms with Crippen molar-refractivity contribution in [1.82, 2.24) is 10.3 Å². The number of rotatable bonds is 8. The maximum Gasteiger partial charge on any atom is 0.265 e. The minimum absolute atomic E-state index is 0.0296. The number of amides is 2. The van der Waals surface area contributed by atoms with Gasteiger partial charge >= 0.3 is 0 Å². The number of aromatic nitrogens is 1. The third-order valence-corrected chi connectivity index (χ3v) is 6.44. The van der Waals surface area contributed by atoms with E-state index in [9.17, 15) is 9.59 Å². The number of hydrogen-bond donors (Lipinski definition) is 2. The van der Waals surface area contributed by atoms with Gasteiger partial charge in [0, 0.05) is 22.5 Å². The molecule has 0 aliphatic rings. The molecule has 2 amide bonds. The summed E-state index contributed by atoms with van der Waals surface area (Å²) >= 11 is 1.45. The molecule has 2 aromatic heterocycles. The summed E-state index contributed by atoms with van der Waals surface area (Å²) in [6.45, 7) is 6.14. The molecular weight excluding hydrogens is 446 g/mol. The number of aryl methyl sites for hydroxylation is 4. The Morgan fingerprint density at radius 1 is 1.00 bits per heavy atom. The average Bonchev–Trinajstić information content (AvgIpc) is 3.43.